The van der Waals surface area contributed by atoms with Crippen molar-refractivity contribution in [3.63, 3.8) is 0 Å². The molecule has 0 aromatic carbocycles. The fourth-order valence-corrected chi connectivity index (χ4v) is 2.91. The molecule has 1 saturated carbocycles. The van der Waals surface area contributed by atoms with Crippen LogP contribution >= 0.6 is 0 Å². The van der Waals surface area contributed by atoms with Crippen molar-refractivity contribution < 1.29 is 27.1 Å². The van der Waals surface area contributed by atoms with Crippen LogP contribution in [-0.4, -0.2) is 22.4 Å². The van der Waals surface area contributed by atoms with Crippen molar-refractivity contribution in [2.24, 2.45) is 5.92 Å². The molecule has 110 valence electrons. The summed E-state index contributed by atoms with van der Waals surface area (Å²) in [6.45, 7) is 1.09. The van der Waals surface area contributed by atoms with E-state index in [0.717, 1.165) is 0 Å². The summed E-state index contributed by atoms with van der Waals surface area (Å²) in [5, 5.41) is 3.51. The summed E-state index contributed by atoms with van der Waals surface area (Å²) >= 11 is 0. The lowest BCUT2D eigenvalue weighted by atomic mass is 10.1. The van der Waals surface area contributed by atoms with E-state index in [1.54, 1.807) is 6.92 Å². The summed E-state index contributed by atoms with van der Waals surface area (Å²) in [6.07, 6.45) is -2.73. The van der Waals surface area contributed by atoms with Crippen LogP contribution in [0.2, 0.25) is 0 Å². The third kappa shape index (κ3) is 1.73. The maximum absolute atomic E-state index is 14.1. The Kier molecular flexibility index (Phi) is 2.81. The minimum Gasteiger partial charge on any atom is -0.465 e. The number of carbonyl (C=O) groups excluding carboxylic acids is 1. The second-order valence-corrected chi connectivity index (χ2v) is 4.98. The van der Waals surface area contributed by atoms with Crippen LogP contribution < -0.4 is 0 Å². The second-order valence-electron chi connectivity index (χ2n) is 4.98. The van der Waals surface area contributed by atoms with Gasteiger partial charge in [0.15, 0.2) is 0 Å². The summed E-state index contributed by atoms with van der Waals surface area (Å²) in [4.78, 5) is 11.4. The van der Waals surface area contributed by atoms with Gasteiger partial charge in [-0.1, -0.05) is 0 Å². The zero-order valence-electron chi connectivity index (χ0n) is 10.6. The first-order chi connectivity index (χ1) is 9.37. The molecule has 0 saturated heterocycles. The van der Waals surface area contributed by atoms with Gasteiger partial charge in [0.1, 0.15) is 17.9 Å². The van der Waals surface area contributed by atoms with Gasteiger partial charge in [-0.15, -0.1) is 0 Å². The molecule has 3 rings (SSSR count). The largest absolute Gasteiger partial charge is 0.465 e. The number of hydrogen-bond acceptors (Lipinski definition) is 3. The fraction of sp³-hybridized carbons (Fsp3) is 0.667. The van der Waals surface area contributed by atoms with E-state index in [4.69, 9.17) is 0 Å². The Bertz CT molecular complexity index is 570. The Morgan fingerprint density at radius 1 is 1.55 bits per heavy atom. The monoisotopic (exact) mass is 292 g/mol. The number of fused-ring (bicyclic) bond motifs is 3. The molecular formula is C12H12F4N2O2. The summed E-state index contributed by atoms with van der Waals surface area (Å²) in [5.74, 6) is -5.46. The van der Waals surface area contributed by atoms with E-state index < -0.39 is 48.1 Å². The normalized spacial score (nSPS) is 25.5. The van der Waals surface area contributed by atoms with Crippen molar-refractivity contribution in [3.8, 4) is 0 Å². The standard InChI is InChI=1S/C12H12F4N2O2/c1-2-20-7(19)4-18-10-8(9(17-18)11(13)14)5-3-6(5)12(10,15)16/h5-6,11H,2-4H2,1H3/t5-,6+/m1/s1. The zero-order valence-corrected chi connectivity index (χ0v) is 10.6. The van der Waals surface area contributed by atoms with Crippen molar-refractivity contribution in [1.29, 1.82) is 0 Å². The molecule has 1 fully saturated rings. The van der Waals surface area contributed by atoms with Crippen molar-refractivity contribution >= 4 is 5.97 Å². The van der Waals surface area contributed by atoms with Crippen LogP contribution in [0.25, 0.3) is 0 Å². The van der Waals surface area contributed by atoms with Gasteiger partial charge in [-0.25, -0.2) is 8.78 Å². The average Bonchev–Trinajstić information content (AvgIpc) is 3.00. The number of ether oxygens (including phenoxy) is 1. The van der Waals surface area contributed by atoms with Crippen molar-refractivity contribution in [2.75, 3.05) is 6.61 Å². The van der Waals surface area contributed by atoms with Crippen LogP contribution in [-0.2, 0) is 22.0 Å². The van der Waals surface area contributed by atoms with Gasteiger partial charge in [-0.05, 0) is 19.3 Å². The van der Waals surface area contributed by atoms with Gasteiger partial charge in [-0.3, -0.25) is 9.48 Å². The zero-order chi connectivity index (χ0) is 14.7. The van der Waals surface area contributed by atoms with E-state index >= 15 is 0 Å². The molecule has 0 radical (unpaired) electrons. The molecule has 0 N–H and O–H groups in total. The highest BCUT2D eigenvalue weighted by Crippen LogP contribution is 2.68. The molecule has 0 unspecified atom stereocenters. The molecule has 0 amide bonds. The Hall–Kier alpha value is -1.60. The van der Waals surface area contributed by atoms with E-state index in [1.165, 1.54) is 0 Å². The van der Waals surface area contributed by atoms with E-state index in [0.29, 0.717) is 4.68 Å². The van der Waals surface area contributed by atoms with Gasteiger partial charge < -0.3 is 4.74 Å². The lowest BCUT2D eigenvalue weighted by Crippen LogP contribution is -2.23. The maximum atomic E-state index is 14.1. The topological polar surface area (TPSA) is 44.1 Å². The minimum atomic E-state index is -3.20. The quantitative estimate of drug-likeness (QED) is 0.633. The van der Waals surface area contributed by atoms with Gasteiger partial charge in [0.2, 0.25) is 0 Å². The number of esters is 1. The minimum absolute atomic E-state index is 0.0701. The first-order valence-corrected chi connectivity index (χ1v) is 6.30. The lowest BCUT2D eigenvalue weighted by molar-refractivity contribution is -0.144. The number of carbonyl (C=O) groups is 1. The van der Waals surface area contributed by atoms with E-state index in [2.05, 4.69) is 9.84 Å². The van der Waals surface area contributed by atoms with Crippen LogP contribution in [0.3, 0.4) is 0 Å². The van der Waals surface area contributed by atoms with Gasteiger partial charge in [-0.2, -0.15) is 13.9 Å². The predicted octanol–water partition coefficient (Wildman–Crippen LogP) is 2.59. The average molecular weight is 292 g/mol. The van der Waals surface area contributed by atoms with Crippen LogP contribution in [0.4, 0.5) is 17.6 Å². The summed E-state index contributed by atoms with van der Waals surface area (Å²) in [6, 6.07) is 0. The number of alkyl halides is 4. The second kappa shape index (κ2) is 4.20. The molecule has 2 aliphatic carbocycles. The van der Waals surface area contributed by atoms with Crippen LogP contribution in [0.15, 0.2) is 0 Å². The Balaban J connectivity index is 2.02. The van der Waals surface area contributed by atoms with Crippen molar-refractivity contribution in [2.45, 2.75) is 38.2 Å². The molecule has 0 bridgehead atoms. The molecule has 20 heavy (non-hydrogen) atoms. The fourth-order valence-electron chi connectivity index (χ4n) is 2.91. The summed E-state index contributed by atoms with van der Waals surface area (Å²) in [7, 11) is 0. The molecule has 4 nitrogen and oxygen atoms in total. The third-order valence-corrected chi connectivity index (χ3v) is 3.75. The number of aromatic nitrogens is 2. The highest BCUT2D eigenvalue weighted by atomic mass is 19.3. The van der Waals surface area contributed by atoms with Crippen LogP contribution in [0.1, 0.15) is 42.6 Å². The number of rotatable bonds is 4. The number of nitrogens with zero attached hydrogens (tertiary/aromatic N) is 2. The Labute approximate surface area is 111 Å². The molecule has 2 aliphatic rings. The highest BCUT2D eigenvalue weighted by Gasteiger charge is 2.67. The van der Waals surface area contributed by atoms with Crippen molar-refractivity contribution in [1.82, 2.24) is 9.78 Å². The molecule has 1 aromatic heterocycles. The molecule has 0 spiro atoms. The number of hydrogen-bond donors (Lipinski definition) is 0. The van der Waals surface area contributed by atoms with E-state index in [9.17, 15) is 22.4 Å². The Morgan fingerprint density at radius 2 is 2.25 bits per heavy atom. The Morgan fingerprint density at radius 3 is 2.85 bits per heavy atom. The molecule has 2 atom stereocenters. The molecule has 1 heterocycles. The van der Waals surface area contributed by atoms with Crippen molar-refractivity contribution in [3.05, 3.63) is 17.0 Å². The van der Waals surface area contributed by atoms with Gasteiger partial charge in [0.05, 0.1) is 6.61 Å². The lowest BCUT2D eigenvalue weighted by Gasteiger charge is -2.14. The van der Waals surface area contributed by atoms with Gasteiger partial charge in [0, 0.05) is 11.5 Å². The molecule has 0 aliphatic heterocycles. The maximum Gasteiger partial charge on any atom is 0.327 e. The third-order valence-electron chi connectivity index (χ3n) is 3.75. The van der Waals surface area contributed by atoms with Gasteiger partial charge >= 0.3 is 5.97 Å². The van der Waals surface area contributed by atoms with E-state index in [1.807, 2.05) is 0 Å². The molecule has 8 heteroatoms. The summed E-state index contributed by atoms with van der Waals surface area (Å²) in [5.41, 5.74) is -1.24. The SMILES string of the molecule is CCOC(=O)Cn1nc(C(F)F)c2c1C(F)(F)[C@H]1C[C@@H]21. The highest BCUT2D eigenvalue weighted by molar-refractivity contribution is 5.69. The van der Waals surface area contributed by atoms with Crippen LogP contribution in [0.5, 0.6) is 0 Å². The molecular weight excluding hydrogens is 280 g/mol. The summed E-state index contributed by atoms with van der Waals surface area (Å²) < 4.78 is 59.4. The van der Waals surface area contributed by atoms with Gasteiger partial charge in [0.25, 0.3) is 12.3 Å². The molecule has 1 aromatic rings. The first-order valence-electron chi connectivity index (χ1n) is 6.30. The number of halogens is 4. The van der Waals surface area contributed by atoms with E-state index in [-0.39, 0.29) is 18.6 Å². The smallest absolute Gasteiger partial charge is 0.327 e. The first kappa shape index (κ1) is 13.4. The van der Waals surface area contributed by atoms with Crippen LogP contribution in [0, 0.1) is 5.92 Å². The predicted molar refractivity (Wildman–Crippen MR) is 58.6 cm³/mol.